The third-order valence-corrected chi connectivity index (χ3v) is 2.56. The molecular weight excluding hydrogens is 176 g/mol. The molecule has 0 aromatic heterocycles. The minimum atomic E-state index is -1.44. The lowest BCUT2D eigenvalue weighted by molar-refractivity contribution is -0.100. The summed E-state index contributed by atoms with van der Waals surface area (Å²) in [5.74, 6) is 1.04. The van der Waals surface area contributed by atoms with Crippen LogP contribution in [0.1, 0.15) is 16.6 Å². The van der Waals surface area contributed by atoms with Gasteiger partial charge in [0.1, 0.15) is 0 Å². The highest BCUT2D eigenvalue weighted by Gasteiger charge is 2.30. The highest BCUT2D eigenvalue weighted by molar-refractivity contribution is 6.68. The van der Waals surface area contributed by atoms with Gasteiger partial charge in [-0.2, -0.15) is 0 Å². The van der Waals surface area contributed by atoms with Crippen LogP contribution in [0.5, 0.6) is 0 Å². The fourth-order valence-corrected chi connectivity index (χ4v) is 2.23. The van der Waals surface area contributed by atoms with E-state index >= 15 is 0 Å². The summed E-state index contributed by atoms with van der Waals surface area (Å²) in [5.41, 5.74) is 1.19. The molecular formula is C11H17OSi+. The van der Waals surface area contributed by atoms with Crippen LogP contribution in [0.25, 0.3) is 0 Å². The van der Waals surface area contributed by atoms with Crippen LogP contribution in [-0.2, 0) is 0 Å². The molecule has 1 rings (SSSR count). The monoisotopic (exact) mass is 193 g/mol. The maximum absolute atomic E-state index is 5.88. The lowest BCUT2D eigenvalue weighted by Crippen LogP contribution is -2.20. The molecule has 0 spiro atoms. The van der Waals surface area contributed by atoms with Crippen LogP contribution >= 0.6 is 0 Å². The Morgan fingerprint density at radius 2 is 1.62 bits per heavy atom. The number of ketones is 1. The zero-order valence-electron chi connectivity index (χ0n) is 8.79. The Morgan fingerprint density at radius 3 is 2.08 bits per heavy atom. The van der Waals surface area contributed by atoms with Gasteiger partial charge in [0.05, 0.1) is 5.56 Å². The van der Waals surface area contributed by atoms with Gasteiger partial charge < -0.3 is 4.11 Å². The van der Waals surface area contributed by atoms with Gasteiger partial charge in [-0.25, -0.2) is 0 Å². The van der Waals surface area contributed by atoms with Gasteiger partial charge in [-0.3, -0.25) is 0 Å². The quantitative estimate of drug-likeness (QED) is 0.388. The molecule has 0 aliphatic rings. The SMILES string of the molecule is CC(=[O+][Si](C)(C)C)c1ccccc1. The van der Waals surface area contributed by atoms with E-state index in [-0.39, 0.29) is 0 Å². The molecule has 0 heterocycles. The first-order valence-corrected chi connectivity index (χ1v) is 7.98. The molecule has 0 atom stereocenters. The van der Waals surface area contributed by atoms with Crippen LogP contribution in [0.4, 0.5) is 0 Å². The first-order chi connectivity index (χ1) is 5.99. The molecule has 2 heteroatoms. The van der Waals surface area contributed by atoms with Crippen LogP contribution in [0, 0.1) is 0 Å². The van der Waals surface area contributed by atoms with Gasteiger partial charge in [-0.05, 0) is 12.1 Å². The van der Waals surface area contributed by atoms with Crippen molar-refractivity contribution in [3.8, 4) is 0 Å². The topological polar surface area (TPSA) is 11.3 Å². The minimum Gasteiger partial charge on any atom is -0.375 e. The van der Waals surface area contributed by atoms with E-state index in [1.165, 1.54) is 5.56 Å². The second-order valence-electron chi connectivity index (χ2n) is 4.14. The fraction of sp³-hybridized carbons (Fsp3) is 0.364. The Balaban J connectivity index is 2.92. The Morgan fingerprint density at radius 1 is 1.08 bits per heavy atom. The van der Waals surface area contributed by atoms with Crippen LogP contribution in [-0.4, -0.2) is 14.1 Å². The van der Waals surface area contributed by atoms with E-state index < -0.39 is 8.32 Å². The van der Waals surface area contributed by atoms with E-state index in [9.17, 15) is 0 Å². The summed E-state index contributed by atoms with van der Waals surface area (Å²) in [6.45, 7) is 8.62. The first kappa shape index (κ1) is 10.2. The zero-order chi connectivity index (χ0) is 9.90. The van der Waals surface area contributed by atoms with Crippen molar-refractivity contribution >= 4 is 14.1 Å². The van der Waals surface area contributed by atoms with Crippen molar-refractivity contribution in [2.24, 2.45) is 0 Å². The smallest absolute Gasteiger partial charge is 0.375 e. The van der Waals surface area contributed by atoms with Crippen molar-refractivity contribution in [2.45, 2.75) is 26.6 Å². The zero-order valence-corrected chi connectivity index (χ0v) is 9.79. The third kappa shape index (κ3) is 3.55. The van der Waals surface area contributed by atoms with Crippen molar-refractivity contribution in [3.63, 3.8) is 0 Å². The van der Waals surface area contributed by atoms with E-state index in [1.807, 2.05) is 25.1 Å². The number of carbonyl (C=O) groups excluding carboxylic acids is 1. The van der Waals surface area contributed by atoms with E-state index in [1.54, 1.807) is 0 Å². The molecule has 1 aromatic rings. The molecule has 0 saturated heterocycles. The predicted octanol–water partition coefficient (Wildman–Crippen LogP) is 3.26. The first-order valence-electron chi connectivity index (χ1n) is 4.57. The summed E-state index contributed by atoms with van der Waals surface area (Å²) in [7, 11) is -1.44. The molecule has 0 radical (unpaired) electrons. The minimum absolute atomic E-state index is 1.04. The number of hydrogen-bond acceptors (Lipinski definition) is 0. The Kier molecular flexibility index (Phi) is 3.04. The Hall–Kier alpha value is -0.893. The van der Waals surface area contributed by atoms with Crippen molar-refractivity contribution in [1.29, 1.82) is 0 Å². The largest absolute Gasteiger partial charge is 0.508 e. The van der Waals surface area contributed by atoms with Crippen LogP contribution < -0.4 is 0 Å². The molecule has 0 N–H and O–H groups in total. The van der Waals surface area contributed by atoms with Gasteiger partial charge in [-0.1, -0.05) is 18.2 Å². The second-order valence-corrected chi connectivity index (χ2v) is 8.57. The van der Waals surface area contributed by atoms with E-state index in [2.05, 4.69) is 31.8 Å². The average Bonchev–Trinajstić information content (AvgIpc) is 2.03. The highest BCUT2D eigenvalue weighted by atomic mass is 28.4. The highest BCUT2D eigenvalue weighted by Crippen LogP contribution is 2.06. The number of hydrogen-bond donors (Lipinski definition) is 0. The van der Waals surface area contributed by atoms with E-state index in [0.29, 0.717) is 0 Å². The number of rotatable bonds is 2. The van der Waals surface area contributed by atoms with Crippen molar-refractivity contribution in [2.75, 3.05) is 0 Å². The van der Waals surface area contributed by atoms with E-state index in [4.69, 9.17) is 4.11 Å². The third-order valence-electron chi connectivity index (χ3n) is 1.64. The van der Waals surface area contributed by atoms with Crippen LogP contribution in [0.3, 0.4) is 0 Å². The van der Waals surface area contributed by atoms with E-state index in [0.717, 1.165) is 5.78 Å². The molecule has 1 nitrogen and oxygen atoms in total. The molecule has 0 fully saturated rings. The molecule has 70 valence electrons. The Bertz CT molecular complexity index is 296. The summed E-state index contributed by atoms with van der Waals surface area (Å²) < 4.78 is 5.88. The summed E-state index contributed by atoms with van der Waals surface area (Å²) in [6.07, 6.45) is 0. The lowest BCUT2D eigenvalue weighted by Gasteiger charge is -1.98. The lowest BCUT2D eigenvalue weighted by atomic mass is 10.2. The molecule has 0 bridgehead atoms. The molecule has 0 aliphatic heterocycles. The van der Waals surface area contributed by atoms with Crippen LogP contribution in [0.2, 0.25) is 19.6 Å². The van der Waals surface area contributed by atoms with Gasteiger partial charge in [-0.15, -0.1) is 0 Å². The number of benzene rings is 1. The molecule has 13 heavy (non-hydrogen) atoms. The Labute approximate surface area is 81.2 Å². The second kappa shape index (κ2) is 3.88. The van der Waals surface area contributed by atoms with Crippen molar-refractivity contribution in [1.82, 2.24) is 0 Å². The summed E-state index contributed by atoms with van der Waals surface area (Å²) in [4.78, 5) is 0. The van der Waals surface area contributed by atoms with Gasteiger partial charge in [0, 0.05) is 26.6 Å². The molecule has 0 unspecified atom stereocenters. The molecule has 0 amide bonds. The van der Waals surface area contributed by atoms with Gasteiger partial charge in [0.25, 0.3) is 5.78 Å². The maximum Gasteiger partial charge on any atom is 0.508 e. The standard InChI is InChI=1S/C11H17OSi/c1-10(12-13(2,3)4)11-8-6-5-7-9-11/h5-9H,1-4H3/q+1. The van der Waals surface area contributed by atoms with Gasteiger partial charge in [0.2, 0.25) is 0 Å². The summed E-state index contributed by atoms with van der Waals surface area (Å²) >= 11 is 0. The molecule has 0 saturated carbocycles. The van der Waals surface area contributed by atoms with Crippen molar-refractivity contribution < 1.29 is 4.11 Å². The fourth-order valence-electron chi connectivity index (χ4n) is 1.19. The van der Waals surface area contributed by atoms with Crippen LogP contribution in [0.15, 0.2) is 30.3 Å². The maximum atomic E-state index is 5.88. The van der Waals surface area contributed by atoms with Gasteiger partial charge >= 0.3 is 8.32 Å². The summed E-state index contributed by atoms with van der Waals surface area (Å²) in [6, 6.07) is 10.2. The average molecular weight is 193 g/mol. The van der Waals surface area contributed by atoms with Gasteiger partial charge in [0.15, 0.2) is 0 Å². The van der Waals surface area contributed by atoms with Crippen molar-refractivity contribution in [3.05, 3.63) is 35.9 Å². The molecule has 1 aromatic carbocycles. The summed E-state index contributed by atoms with van der Waals surface area (Å²) in [5, 5.41) is 0. The normalized spacial score (nSPS) is 13.1. The molecule has 0 aliphatic carbocycles. The predicted molar refractivity (Wildman–Crippen MR) is 59.8 cm³/mol.